The van der Waals surface area contributed by atoms with Crippen LogP contribution in [0.3, 0.4) is 0 Å². The summed E-state index contributed by atoms with van der Waals surface area (Å²) in [6.45, 7) is 1.86. The van der Waals surface area contributed by atoms with Crippen molar-refractivity contribution < 1.29 is 31.1 Å². The largest absolute Gasteiger partial charge is 0.454 e. The van der Waals surface area contributed by atoms with Gasteiger partial charge in [-0.25, -0.2) is 22.5 Å². The highest BCUT2D eigenvalue weighted by Gasteiger charge is 2.39. The Balaban J connectivity index is 1.62. The molecule has 4 rings (SSSR count). The molecule has 0 saturated carbocycles. The van der Waals surface area contributed by atoms with Crippen molar-refractivity contribution in [2.75, 3.05) is 0 Å². The van der Waals surface area contributed by atoms with Crippen molar-refractivity contribution in [2.45, 2.75) is 13.0 Å². The minimum Gasteiger partial charge on any atom is -0.427 e. The van der Waals surface area contributed by atoms with Gasteiger partial charge in [-0.05, 0) is 40.8 Å². The van der Waals surface area contributed by atoms with Gasteiger partial charge in [0.15, 0.2) is 17.5 Å². The number of nitrogens with zero attached hydrogens (tertiary/aromatic N) is 1. The zero-order valence-corrected chi connectivity index (χ0v) is 21.7. The summed E-state index contributed by atoms with van der Waals surface area (Å²) in [6.07, 6.45) is -0.397. The van der Waals surface area contributed by atoms with Gasteiger partial charge in [0.25, 0.3) is 0 Å². The fraction of sp³-hybridized carbons (Fsp3) is 0.0741. The highest BCUT2D eigenvalue weighted by atomic mass is 127. The van der Waals surface area contributed by atoms with Crippen molar-refractivity contribution in [3.63, 3.8) is 0 Å². The van der Waals surface area contributed by atoms with Crippen LogP contribution >= 0.6 is 33.9 Å². The number of hydrogen-bond donors (Lipinski definition) is 0. The molecule has 1 heterocycles. The van der Waals surface area contributed by atoms with E-state index < -0.39 is 40.1 Å². The number of halogens is 7. The van der Waals surface area contributed by atoms with Gasteiger partial charge in [-0.2, -0.15) is 8.78 Å². The predicted octanol–water partition coefficient (Wildman–Crippen LogP) is 8.89. The summed E-state index contributed by atoms with van der Waals surface area (Å²) >= 11 is 2.63. The Bertz CT molecular complexity index is 1590. The van der Waals surface area contributed by atoms with E-state index in [1.807, 2.05) is 19.1 Å². The average molecular weight is 641 g/mol. The summed E-state index contributed by atoms with van der Waals surface area (Å²) in [7, 11) is 0. The quantitative estimate of drug-likeness (QED) is 0.0715. The van der Waals surface area contributed by atoms with E-state index in [9.17, 15) is 26.3 Å². The fourth-order valence-electron chi connectivity index (χ4n) is 3.26. The van der Waals surface area contributed by atoms with Crippen LogP contribution in [0.15, 0.2) is 70.3 Å². The fourth-order valence-corrected chi connectivity index (χ4v) is 4.54. The SMILES string of the molecule is C/C=C\C(C#Cc1ccc(-c2ccc3nc(C(F)(F)Oc4cc(F)c(F)c(F)c4)sc3c2)c(F)c1)=C/I. The Hall–Kier alpha value is -3.30. The number of ether oxygens (including phenoxy) is 1. The van der Waals surface area contributed by atoms with Gasteiger partial charge in [0.05, 0.1) is 10.2 Å². The molecule has 37 heavy (non-hydrogen) atoms. The molecule has 0 radical (unpaired) electrons. The van der Waals surface area contributed by atoms with Crippen LogP contribution in [0, 0.1) is 35.1 Å². The van der Waals surface area contributed by atoms with Crippen LogP contribution in [-0.2, 0) is 6.11 Å². The number of fused-ring (bicyclic) bond motifs is 1. The van der Waals surface area contributed by atoms with E-state index in [2.05, 4.69) is 44.2 Å². The van der Waals surface area contributed by atoms with Crippen molar-refractivity contribution in [1.29, 1.82) is 0 Å². The normalized spacial score (nSPS) is 12.2. The lowest BCUT2D eigenvalue weighted by Gasteiger charge is -2.15. The molecular weight excluding hydrogens is 627 g/mol. The highest BCUT2D eigenvalue weighted by molar-refractivity contribution is 14.1. The monoisotopic (exact) mass is 641 g/mol. The van der Waals surface area contributed by atoms with Gasteiger partial charge >= 0.3 is 6.11 Å². The van der Waals surface area contributed by atoms with Crippen LogP contribution in [0.4, 0.5) is 26.3 Å². The van der Waals surface area contributed by atoms with Crippen LogP contribution in [0.5, 0.6) is 5.75 Å². The summed E-state index contributed by atoms with van der Waals surface area (Å²) in [5, 5.41) is -0.795. The second kappa shape index (κ2) is 11.0. The molecular formula is C27H14F6INOS. The molecule has 1 aromatic heterocycles. The minimum atomic E-state index is -4.07. The first-order valence-electron chi connectivity index (χ1n) is 10.5. The molecule has 4 aromatic rings. The maximum absolute atomic E-state index is 14.9. The predicted molar refractivity (Wildman–Crippen MR) is 140 cm³/mol. The minimum absolute atomic E-state index is 0.188. The average Bonchev–Trinajstić information content (AvgIpc) is 3.29. The molecule has 0 saturated heterocycles. The molecule has 10 heteroatoms. The first-order chi connectivity index (χ1) is 17.6. The Morgan fingerprint density at radius 1 is 1.00 bits per heavy atom. The molecule has 0 amide bonds. The first kappa shape index (κ1) is 26.8. The van der Waals surface area contributed by atoms with E-state index >= 15 is 0 Å². The number of hydrogen-bond acceptors (Lipinski definition) is 3. The van der Waals surface area contributed by atoms with Crippen LogP contribution in [0.25, 0.3) is 21.3 Å². The second-order valence-corrected chi connectivity index (χ2v) is 9.18. The van der Waals surface area contributed by atoms with E-state index in [1.54, 1.807) is 16.2 Å². The Morgan fingerprint density at radius 3 is 2.38 bits per heavy atom. The summed E-state index contributed by atoms with van der Waals surface area (Å²) < 4.78 is 90.7. The molecule has 0 N–H and O–H groups in total. The molecule has 0 aliphatic heterocycles. The van der Waals surface area contributed by atoms with Gasteiger partial charge in [-0.1, -0.05) is 58.7 Å². The number of allylic oxidation sites excluding steroid dienone is 3. The van der Waals surface area contributed by atoms with Crippen molar-refractivity contribution in [2.24, 2.45) is 0 Å². The maximum atomic E-state index is 14.9. The topological polar surface area (TPSA) is 22.1 Å². The smallest absolute Gasteiger partial charge is 0.427 e. The molecule has 0 spiro atoms. The van der Waals surface area contributed by atoms with Gasteiger partial charge in [-0.3, -0.25) is 0 Å². The third-order valence-corrected chi connectivity index (χ3v) is 6.68. The molecule has 0 atom stereocenters. The lowest BCUT2D eigenvalue weighted by Crippen LogP contribution is -2.21. The van der Waals surface area contributed by atoms with Gasteiger partial charge in [0.1, 0.15) is 11.6 Å². The summed E-state index contributed by atoms with van der Waals surface area (Å²) in [4.78, 5) is 3.84. The van der Waals surface area contributed by atoms with Crippen LogP contribution in [-0.4, -0.2) is 4.98 Å². The zero-order valence-electron chi connectivity index (χ0n) is 18.8. The molecule has 188 valence electrons. The Labute approximate surface area is 225 Å². The van der Waals surface area contributed by atoms with Gasteiger partial charge in [0, 0.05) is 28.8 Å². The molecule has 3 aromatic carbocycles. The lowest BCUT2D eigenvalue weighted by atomic mass is 10.0. The standard InChI is InChI=1S/C27H14F6INOS/c1-2-3-16(14-34)5-4-15-6-8-19(20(28)10-15)17-7-9-23-24(11-17)37-26(35-23)27(32,33)36-18-12-21(29)25(31)22(30)13-18/h2-3,6-14H,1H3/b3-2-,16-14+. The number of alkyl halides is 2. The Morgan fingerprint density at radius 2 is 1.73 bits per heavy atom. The van der Waals surface area contributed by atoms with E-state index in [-0.39, 0.29) is 11.1 Å². The van der Waals surface area contributed by atoms with Crippen molar-refractivity contribution in [3.05, 3.63) is 104 Å². The van der Waals surface area contributed by atoms with Crippen molar-refractivity contribution >= 4 is 44.1 Å². The molecule has 0 fully saturated rings. The van der Waals surface area contributed by atoms with Crippen molar-refractivity contribution in [3.8, 4) is 28.7 Å². The second-order valence-electron chi connectivity index (χ2n) is 7.53. The van der Waals surface area contributed by atoms with Crippen molar-refractivity contribution in [1.82, 2.24) is 4.98 Å². The molecule has 0 aliphatic carbocycles. The van der Waals surface area contributed by atoms with E-state index in [0.717, 1.165) is 5.57 Å². The van der Waals surface area contributed by atoms with E-state index in [4.69, 9.17) is 0 Å². The summed E-state index contributed by atoms with van der Waals surface area (Å²) in [5.41, 5.74) is 2.09. The Kier molecular flexibility index (Phi) is 7.94. The van der Waals surface area contributed by atoms with Crippen LogP contribution in [0.1, 0.15) is 17.5 Å². The molecule has 0 unspecified atom stereocenters. The van der Waals surface area contributed by atoms with Crippen LogP contribution in [0.2, 0.25) is 0 Å². The highest BCUT2D eigenvalue weighted by Crippen LogP contribution is 2.38. The third kappa shape index (κ3) is 5.99. The van der Waals surface area contributed by atoms with Crippen LogP contribution < -0.4 is 4.74 Å². The number of aromatic nitrogens is 1. The first-order valence-corrected chi connectivity index (χ1v) is 12.5. The van der Waals surface area contributed by atoms with E-state index in [1.165, 1.54) is 24.3 Å². The third-order valence-electron chi connectivity index (χ3n) is 4.94. The van der Waals surface area contributed by atoms with E-state index in [0.29, 0.717) is 39.3 Å². The number of benzene rings is 3. The molecule has 0 aliphatic rings. The maximum Gasteiger partial charge on any atom is 0.454 e. The zero-order chi connectivity index (χ0) is 26.7. The summed E-state index contributed by atoms with van der Waals surface area (Å²) in [5.74, 6) is -0.752. The number of rotatable bonds is 5. The van der Waals surface area contributed by atoms with Gasteiger partial charge in [-0.15, -0.1) is 11.3 Å². The van der Waals surface area contributed by atoms with Gasteiger partial charge < -0.3 is 4.74 Å². The van der Waals surface area contributed by atoms with Gasteiger partial charge in [0.2, 0.25) is 5.01 Å². The summed E-state index contributed by atoms with van der Waals surface area (Å²) in [6, 6.07) is 9.58. The molecule has 0 bridgehead atoms. The lowest BCUT2D eigenvalue weighted by molar-refractivity contribution is -0.185. The number of thiazole rings is 1. The molecule has 2 nitrogen and oxygen atoms in total.